The molecule has 0 saturated carbocycles. The van der Waals surface area contributed by atoms with E-state index in [0.717, 1.165) is 22.3 Å². The fourth-order valence-corrected chi connectivity index (χ4v) is 5.40. The van der Waals surface area contributed by atoms with Crippen LogP contribution < -0.4 is 10.1 Å². The molecule has 0 aliphatic carbocycles. The van der Waals surface area contributed by atoms with Crippen LogP contribution in [0, 0.1) is 5.92 Å². The average molecular weight is 583 g/mol. The molecular formula is C34H31ClN2O5. The summed E-state index contributed by atoms with van der Waals surface area (Å²) in [7, 11) is 0. The zero-order valence-corrected chi connectivity index (χ0v) is 23.9. The fourth-order valence-electron chi connectivity index (χ4n) is 5.22. The van der Waals surface area contributed by atoms with Crippen LogP contribution in [0.5, 0.6) is 5.75 Å². The van der Waals surface area contributed by atoms with Gasteiger partial charge >= 0.3 is 5.97 Å². The van der Waals surface area contributed by atoms with Gasteiger partial charge in [-0.1, -0.05) is 66.2 Å². The number of carbonyl (C=O) groups excluding carboxylic acids is 2. The number of rotatable bonds is 8. The van der Waals surface area contributed by atoms with E-state index in [-0.39, 0.29) is 23.3 Å². The lowest BCUT2D eigenvalue weighted by molar-refractivity contribution is -0.132. The Hall–Kier alpha value is -4.62. The zero-order chi connectivity index (χ0) is 29.6. The maximum absolute atomic E-state index is 13.1. The summed E-state index contributed by atoms with van der Waals surface area (Å²) >= 11 is 6.43. The standard InChI is InChI=1S/C34H31ClN2O5/c1-22(38)37-15-13-24(14-16-37)33(39)36-28-18-25(17-26(19-28)34(40)41)29-9-5-6-10-30(29)31-20-27(35)11-12-32(31)42-21-23-7-3-2-4-8-23/h2-12,17-20,24H,13-16,21H2,1H3,(H,36,39)(H,40,41). The van der Waals surface area contributed by atoms with Crippen molar-refractivity contribution in [2.75, 3.05) is 18.4 Å². The van der Waals surface area contributed by atoms with Crippen LogP contribution in [0.25, 0.3) is 22.3 Å². The van der Waals surface area contributed by atoms with Gasteiger partial charge in [0.15, 0.2) is 0 Å². The summed E-state index contributed by atoms with van der Waals surface area (Å²) in [5.41, 5.74) is 4.42. The Morgan fingerprint density at radius 3 is 2.26 bits per heavy atom. The molecule has 214 valence electrons. The molecule has 1 heterocycles. The van der Waals surface area contributed by atoms with Crippen LogP contribution in [0.4, 0.5) is 5.69 Å². The minimum atomic E-state index is -1.10. The van der Waals surface area contributed by atoms with Crippen molar-refractivity contribution >= 4 is 35.1 Å². The van der Waals surface area contributed by atoms with E-state index in [9.17, 15) is 19.5 Å². The van der Waals surface area contributed by atoms with Gasteiger partial charge in [0.1, 0.15) is 12.4 Å². The van der Waals surface area contributed by atoms with E-state index in [1.54, 1.807) is 23.1 Å². The Balaban J connectivity index is 1.47. The van der Waals surface area contributed by atoms with E-state index in [4.69, 9.17) is 16.3 Å². The van der Waals surface area contributed by atoms with Gasteiger partial charge in [0.2, 0.25) is 11.8 Å². The van der Waals surface area contributed by atoms with Gasteiger partial charge in [0.25, 0.3) is 0 Å². The number of halogens is 1. The smallest absolute Gasteiger partial charge is 0.335 e. The second kappa shape index (κ2) is 12.9. The quantitative estimate of drug-likeness (QED) is 0.230. The highest BCUT2D eigenvalue weighted by Gasteiger charge is 2.26. The third kappa shape index (κ3) is 6.81. The lowest BCUT2D eigenvalue weighted by atomic mass is 9.92. The number of aromatic carboxylic acids is 1. The highest BCUT2D eigenvalue weighted by molar-refractivity contribution is 6.31. The first-order valence-electron chi connectivity index (χ1n) is 13.8. The molecule has 5 rings (SSSR count). The van der Waals surface area contributed by atoms with Crippen molar-refractivity contribution in [1.29, 1.82) is 0 Å². The van der Waals surface area contributed by atoms with E-state index in [1.807, 2.05) is 66.7 Å². The third-order valence-electron chi connectivity index (χ3n) is 7.47. The largest absolute Gasteiger partial charge is 0.488 e. The van der Waals surface area contributed by atoms with Gasteiger partial charge < -0.3 is 20.1 Å². The van der Waals surface area contributed by atoms with Gasteiger partial charge in [-0.2, -0.15) is 0 Å². The first kappa shape index (κ1) is 28.9. The first-order chi connectivity index (χ1) is 20.3. The maximum Gasteiger partial charge on any atom is 0.335 e. The van der Waals surface area contributed by atoms with Crippen molar-refractivity contribution in [2.45, 2.75) is 26.4 Å². The molecule has 2 N–H and O–H groups in total. The number of likely N-dealkylation sites (tertiary alicyclic amines) is 1. The minimum Gasteiger partial charge on any atom is -0.488 e. The number of amides is 2. The molecule has 0 aromatic heterocycles. The van der Waals surface area contributed by atoms with Crippen LogP contribution in [-0.4, -0.2) is 40.9 Å². The highest BCUT2D eigenvalue weighted by Crippen LogP contribution is 2.40. The van der Waals surface area contributed by atoms with Gasteiger partial charge in [-0.25, -0.2) is 4.79 Å². The number of nitrogens with zero attached hydrogens (tertiary/aromatic N) is 1. The number of piperidine rings is 1. The van der Waals surface area contributed by atoms with Crippen LogP contribution in [-0.2, 0) is 16.2 Å². The Bertz CT molecular complexity index is 1610. The topological polar surface area (TPSA) is 95.9 Å². The first-order valence-corrected chi connectivity index (χ1v) is 14.2. The maximum atomic E-state index is 13.1. The van der Waals surface area contributed by atoms with Crippen LogP contribution >= 0.6 is 11.6 Å². The zero-order valence-electron chi connectivity index (χ0n) is 23.2. The predicted molar refractivity (Wildman–Crippen MR) is 164 cm³/mol. The predicted octanol–water partition coefficient (Wildman–Crippen LogP) is 7.15. The van der Waals surface area contributed by atoms with Crippen LogP contribution in [0.1, 0.15) is 35.7 Å². The Labute approximate surface area is 249 Å². The highest BCUT2D eigenvalue weighted by atomic mass is 35.5. The monoisotopic (exact) mass is 582 g/mol. The SMILES string of the molecule is CC(=O)N1CCC(C(=O)Nc2cc(C(=O)O)cc(-c3ccccc3-c3cc(Cl)ccc3OCc3ccccc3)c2)CC1. The summed E-state index contributed by atoms with van der Waals surface area (Å²) in [6.07, 6.45) is 1.11. The van der Waals surface area contributed by atoms with Crippen molar-refractivity contribution in [3.63, 3.8) is 0 Å². The van der Waals surface area contributed by atoms with Gasteiger partial charge in [-0.05, 0) is 71.5 Å². The Kier molecular flexibility index (Phi) is 8.88. The van der Waals surface area contributed by atoms with Gasteiger partial charge in [-0.15, -0.1) is 0 Å². The number of hydrogen-bond donors (Lipinski definition) is 2. The number of ether oxygens (including phenoxy) is 1. The number of nitrogens with one attached hydrogen (secondary N) is 1. The number of carboxylic acid groups (broad SMARTS) is 1. The van der Waals surface area contributed by atoms with Gasteiger partial charge in [0, 0.05) is 42.2 Å². The van der Waals surface area contributed by atoms with E-state index in [1.165, 1.54) is 13.0 Å². The molecule has 0 atom stereocenters. The molecule has 42 heavy (non-hydrogen) atoms. The summed E-state index contributed by atoms with van der Waals surface area (Å²) in [5, 5.41) is 13.4. The van der Waals surface area contributed by atoms with E-state index in [2.05, 4.69) is 5.32 Å². The molecule has 4 aromatic carbocycles. The van der Waals surface area contributed by atoms with E-state index < -0.39 is 5.97 Å². The molecule has 0 spiro atoms. The summed E-state index contributed by atoms with van der Waals surface area (Å²) in [5.74, 6) is -0.920. The summed E-state index contributed by atoms with van der Waals surface area (Å²) < 4.78 is 6.22. The van der Waals surface area contributed by atoms with E-state index >= 15 is 0 Å². The van der Waals surface area contributed by atoms with Crippen LogP contribution in [0.3, 0.4) is 0 Å². The molecule has 1 fully saturated rings. The van der Waals surface area contributed by atoms with Crippen molar-refractivity contribution in [2.24, 2.45) is 5.92 Å². The normalized spacial score (nSPS) is 13.4. The molecule has 8 heteroatoms. The molecule has 0 unspecified atom stereocenters. The molecule has 4 aromatic rings. The molecule has 1 saturated heterocycles. The Morgan fingerprint density at radius 2 is 1.57 bits per heavy atom. The lowest BCUT2D eigenvalue weighted by Crippen LogP contribution is -2.40. The number of carboxylic acids is 1. The van der Waals surface area contributed by atoms with Crippen molar-refractivity contribution in [3.8, 4) is 28.0 Å². The summed E-state index contributed by atoms with van der Waals surface area (Å²) in [6, 6.07) is 27.7. The second-order valence-electron chi connectivity index (χ2n) is 10.3. The van der Waals surface area contributed by atoms with Gasteiger partial charge in [-0.3, -0.25) is 9.59 Å². The van der Waals surface area contributed by atoms with Crippen LogP contribution in [0.15, 0.2) is 91.0 Å². The fraction of sp³-hybridized carbons (Fsp3) is 0.206. The molecule has 2 amide bonds. The average Bonchev–Trinajstić information content (AvgIpc) is 3.00. The second-order valence-corrected chi connectivity index (χ2v) is 10.8. The molecule has 7 nitrogen and oxygen atoms in total. The molecular weight excluding hydrogens is 552 g/mol. The number of carbonyl (C=O) groups is 3. The molecule has 0 bridgehead atoms. The number of anilines is 1. The summed E-state index contributed by atoms with van der Waals surface area (Å²) in [6.45, 7) is 2.94. The van der Waals surface area contributed by atoms with Crippen LogP contribution in [0.2, 0.25) is 5.02 Å². The van der Waals surface area contributed by atoms with E-state index in [0.29, 0.717) is 54.6 Å². The number of hydrogen-bond acceptors (Lipinski definition) is 4. The number of benzene rings is 4. The van der Waals surface area contributed by atoms with Crippen molar-refractivity contribution in [1.82, 2.24) is 4.90 Å². The van der Waals surface area contributed by atoms with Crippen molar-refractivity contribution in [3.05, 3.63) is 107 Å². The molecule has 1 aliphatic heterocycles. The Morgan fingerprint density at radius 1 is 0.881 bits per heavy atom. The van der Waals surface area contributed by atoms with Crippen molar-refractivity contribution < 1.29 is 24.2 Å². The third-order valence-corrected chi connectivity index (χ3v) is 7.70. The molecule has 0 radical (unpaired) electrons. The lowest BCUT2D eigenvalue weighted by Gasteiger charge is -2.30. The minimum absolute atomic E-state index is 0.000323. The molecule has 1 aliphatic rings. The van der Waals surface area contributed by atoms with Gasteiger partial charge in [0.05, 0.1) is 5.56 Å². The summed E-state index contributed by atoms with van der Waals surface area (Å²) in [4.78, 5) is 38.6.